The van der Waals surface area contributed by atoms with Gasteiger partial charge in [-0.2, -0.15) is 0 Å². The van der Waals surface area contributed by atoms with Crippen molar-refractivity contribution in [3.05, 3.63) is 35.0 Å². The molecule has 1 aliphatic rings. The molecule has 0 aromatic heterocycles. The smallest absolute Gasteiger partial charge is 0.175 e. The van der Waals surface area contributed by atoms with Gasteiger partial charge in [0.05, 0.1) is 17.3 Å². The van der Waals surface area contributed by atoms with Crippen LogP contribution in [0.4, 0.5) is 0 Å². The van der Waals surface area contributed by atoms with Crippen LogP contribution in [0, 0.1) is 0 Å². The highest BCUT2D eigenvalue weighted by molar-refractivity contribution is 9.10. The molecule has 19 heavy (non-hydrogen) atoms. The Morgan fingerprint density at radius 1 is 1.37 bits per heavy atom. The van der Waals surface area contributed by atoms with Gasteiger partial charge in [0, 0.05) is 6.54 Å². The lowest BCUT2D eigenvalue weighted by Gasteiger charge is -2.20. The quantitative estimate of drug-likeness (QED) is 0.617. The van der Waals surface area contributed by atoms with E-state index in [0.717, 1.165) is 35.5 Å². The van der Waals surface area contributed by atoms with E-state index in [-0.39, 0.29) is 0 Å². The maximum atomic E-state index is 5.59. The number of rotatable bonds is 7. The van der Waals surface area contributed by atoms with Gasteiger partial charge in [-0.3, -0.25) is 0 Å². The number of hydrogen-bond donors (Lipinski definition) is 1. The van der Waals surface area contributed by atoms with Crippen LogP contribution < -0.4 is 14.8 Å². The predicted molar refractivity (Wildman–Crippen MR) is 77.6 cm³/mol. The summed E-state index contributed by atoms with van der Waals surface area (Å²) < 4.78 is 17.2. The normalized spacial score (nSPS) is 13.1. The fourth-order valence-corrected chi connectivity index (χ4v) is 2.47. The van der Waals surface area contributed by atoms with Gasteiger partial charge >= 0.3 is 0 Å². The van der Waals surface area contributed by atoms with E-state index in [1.54, 1.807) is 0 Å². The second kappa shape index (κ2) is 7.40. The van der Waals surface area contributed by atoms with Crippen LogP contribution in [0.2, 0.25) is 0 Å². The topological polar surface area (TPSA) is 39.7 Å². The Labute approximate surface area is 121 Å². The summed E-state index contributed by atoms with van der Waals surface area (Å²) in [6.07, 6.45) is 2.43. The van der Waals surface area contributed by atoms with Crippen molar-refractivity contribution in [2.75, 3.05) is 26.4 Å². The lowest BCUT2D eigenvalue weighted by Crippen LogP contribution is -2.18. The van der Waals surface area contributed by atoms with Gasteiger partial charge in [0.15, 0.2) is 11.5 Å². The van der Waals surface area contributed by atoms with Crippen LogP contribution in [0.3, 0.4) is 0 Å². The molecule has 1 N–H and O–H groups in total. The molecule has 0 radical (unpaired) electrons. The summed E-state index contributed by atoms with van der Waals surface area (Å²) in [4.78, 5) is 0. The highest BCUT2D eigenvalue weighted by atomic mass is 79.9. The molecule has 1 aromatic rings. The van der Waals surface area contributed by atoms with Gasteiger partial charge in [0.2, 0.25) is 0 Å². The summed E-state index contributed by atoms with van der Waals surface area (Å²) in [6, 6.07) is 4.08. The molecule has 4 nitrogen and oxygen atoms in total. The van der Waals surface area contributed by atoms with Crippen LogP contribution >= 0.6 is 15.9 Å². The molecule has 0 aliphatic carbocycles. The van der Waals surface area contributed by atoms with Gasteiger partial charge < -0.3 is 19.5 Å². The van der Waals surface area contributed by atoms with E-state index in [0.29, 0.717) is 19.8 Å². The zero-order chi connectivity index (χ0) is 13.5. The van der Waals surface area contributed by atoms with E-state index in [1.165, 1.54) is 11.8 Å². The Kier molecular flexibility index (Phi) is 5.54. The largest absolute Gasteiger partial charge is 0.502 e. The number of fused-ring (bicyclic) bond motifs is 1. The van der Waals surface area contributed by atoms with Crippen LogP contribution in [0.25, 0.3) is 0 Å². The monoisotopic (exact) mass is 327 g/mol. The third-order valence-corrected chi connectivity index (χ3v) is 3.31. The third-order valence-electron chi connectivity index (χ3n) is 2.72. The number of nitrogens with one attached hydrogen (secondary N) is 1. The minimum absolute atomic E-state index is 0.604. The summed E-state index contributed by atoms with van der Waals surface area (Å²) in [5.41, 5.74) is 1.17. The first kappa shape index (κ1) is 14.2. The summed E-state index contributed by atoms with van der Waals surface area (Å²) in [5, 5.41) is 3.36. The van der Waals surface area contributed by atoms with Crippen LogP contribution in [-0.4, -0.2) is 26.4 Å². The predicted octanol–water partition coefficient (Wildman–Crippen LogP) is 2.86. The first-order chi connectivity index (χ1) is 9.31. The van der Waals surface area contributed by atoms with Gasteiger partial charge in [-0.25, -0.2) is 0 Å². The van der Waals surface area contributed by atoms with Crippen molar-refractivity contribution in [3.8, 4) is 11.5 Å². The lowest BCUT2D eigenvalue weighted by atomic mass is 10.2. The molecule has 5 heteroatoms. The van der Waals surface area contributed by atoms with E-state index in [2.05, 4.69) is 33.9 Å². The van der Waals surface area contributed by atoms with Crippen LogP contribution in [0.5, 0.6) is 11.5 Å². The summed E-state index contributed by atoms with van der Waals surface area (Å²) >= 11 is 3.51. The molecule has 0 bridgehead atoms. The Hall–Kier alpha value is -1.20. The Morgan fingerprint density at radius 3 is 3.05 bits per heavy atom. The Balaban J connectivity index is 1.84. The fraction of sp³-hybridized carbons (Fsp3) is 0.429. The van der Waals surface area contributed by atoms with E-state index in [1.807, 2.05) is 6.07 Å². The van der Waals surface area contributed by atoms with E-state index >= 15 is 0 Å². The van der Waals surface area contributed by atoms with Crippen LogP contribution in [0.15, 0.2) is 29.4 Å². The number of benzene rings is 1. The standard InChI is InChI=1S/C14H18BrNO3/c1-2-17-5-3-4-16-10-11-8-12(15)14-13(9-11)18-6-7-19-14/h2,8-9,16H,1,3-7,10H2. The van der Waals surface area contributed by atoms with Crippen molar-refractivity contribution in [1.82, 2.24) is 5.32 Å². The number of hydrogen-bond acceptors (Lipinski definition) is 4. The summed E-state index contributed by atoms with van der Waals surface area (Å²) in [6.45, 7) is 7.11. The van der Waals surface area contributed by atoms with Gasteiger partial charge in [-0.15, -0.1) is 0 Å². The number of ether oxygens (including phenoxy) is 3. The highest BCUT2D eigenvalue weighted by Gasteiger charge is 2.15. The maximum Gasteiger partial charge on any atom is 0.175 e. The maximum absolute atomic E-state index is 5.59. The molecule has 1 heterocycles. The average molecular weight is 328 g/mol. The molecular formula is C14H18BrNO3. The molecule has 0 unspecified atom stereocenters. The van der Waals surface area contributed by atoms with E-state index in [4.69, 9.17) is 14.2 Å². The van der Waals surface area contributed by atoms with Gasteiger partial charge in [0.1, 0.15) is 13.2 Å². The van der Waals surface area contributed by atoms with Crippen molar-refractivity contribution >= 4 is 15.9 Å². The van der Waals surface area contributed by atoms with Crippen molar-refractivity contribution < 1.29 is 14.2 Å². The van der Waals surface area contributed by atoms with E-state index in [9.17, 15) is 0 Å². The van der Waals surface area contributed by atoms with Crippen molar-refractivity contribution in [1.29, 1.82) is 0 Å². The first-order valence-corrected chi connectivity index (χ1v) is 7.12. The molecule has 1 aliphatic heterocycles. The average Bonchev–Trinajstić information content (AvgIpc) is 2.43. The minimum Gasteiger partial charge on any atom is -0.502 e. The molecule has 0 spiro atoms. The highest BCUT2D eigenvalue weighted by Crippen LogP contribution is 2.38. The summed E-state index contributed by atoms with van der Waals surface area (Å²) in [5.74, 6) is 1.61. The Morgan fingerprint density at radius 2 is 2.21 bits per heavy atom. The van der Waals surface area contributed by atoms with Crippen molar-refractivity contribution in [3.63, 3.8) is 0 Å². The van der Waals surface area contributed by atoms with Crippen LogP contribution in [0.1, 0.15) is 12.0 Å². The fourth-order valence-electron chi connectivity index (χ4n) is 1.86. The van der Waals surface area contributed by atoms with Gasteiger partial charge in [0.25, 0.3) is 0 Å². The van der Waals surface area contributed by atoms with Gasteiger partial charge in [-0.1, -0.05) is 6.58 Å². The van der Waals surface area contributed by atoms with Crippen molar-refractivity contribution in [2.45, 2.75) is 13.0 Å². The zero-order valence-electron chi connectivity index (χ0n) is 10.8. The first-order valence-electron chi connectivity index (χ1n) is 6.32. The minimum atomic E-state index is 0.604. The molecule has 104 valence electrons. The van der Waals surface area contributed by atoms with Crippen LogP contribution in [-0.2, 0) is 11.3 Å². The molecule has 2 rings (SSSR count). The lowest BCUT2D eigenvalue weighted by molar-refractivity contribution is 0.170. The second-order valence-corrected chi connectivity index (χ2v) is 5.02. The summed E-state index contributed by atoms with van der Waals surface area (Å²) in [7, 11) is 0. The Bertz CT molecular complexity index is 437. The number of halogens is 1. The molecule has 0 saturated heterocycles. The second-order valence-electron chi connectivity index (χ2n) is 4.17. The van der Waals surface area contributed by atoms with E-state index < -0.39 is 0 Å². The van der Waals surface area contributed by atoms with Crippen molar-refractivity contribution in [2.24, 2.45) is 0 Å². The molecule has 0 saturated carbocycles. The molecular weight excluding hydrogens is 310 g/mol. The zero-order valence-corrected chi connectivity index (χ0v) is 12.4. The SMILES string of the molecule is C=COCCCNCc1cc(Br)c2c(c1)OCCO2. The van der Waals surface area contributed by atoms with Gasteiger partial charge in [-0.05, 0) is 46.6 Å². The molecule has 0 atom stereocenters. The molecule has 1 aromatic carbocycles. The molecule has 0 fully saturated rings. The molecule has 0 amide bonds. The third kappa shape index (κ3) is 4.14.